The Morgan fingerprint density at radius 3 is 1.32 bits per heavy atom. The Bertz CT molecular complexity index is 890. The first kappa shape index (κ1) is 23.7. The number of carbonyl (C=O) groups excluding carboxylic acids is 2. The molecule has 2 aromatic rings. The number of hydrogen-bond donors (Lipinski definition) is 4. The Morgan fingerprint density at radius 2 is 1.06 bits per heavy atom. The van der Waals surface area contributed by atoms with Crippen molar-refractivity contribution in [3.63, 3.8) is 0 Å². The number of methoxy groups -OCH3 is 2. The van der Waals surface area contributed by atoms with Crippen LogP contribution >= 0.6 is 0 Å². The first-order chi connectivity index (χ1) is 14.8. The maximum absolute atomic E-state index is 11.5. The highest BCUT2D eigenvalue weighted by Gasteiger charge is 2.38. The van der Waals surface area contributed by atoms with E-state index >= 15 is 0 Å². The van der Waals surface area contributed by atoms with Crippen LogP contribution in [0.1, 0.15) is 31.8 Å². The Labute approximate surface area is 179 Å². The number of benzene rings is 2. The molecule has 2 rings (SSSR count). The molecule has 0 saturated carbocycles. The zero-order chi connectivity index (χ0) is 23.0. The monoisotopic (exact) mass is 428 g/mol. The number of esters is 2. The lowest BCUT2D eigenvalue weighted by atomic mass is 9.83. The van der Waals surface area contributed by atoms with Crippen molar-refractivity contribution in [2.45, 2.75) is 0 Å². The second-order valence-electron chi connectivity index (χ2n) is 6.68. The largest absolute Gasteiger partial charge is 0.511 e. The molecule has 0 heterocycles. The topological polar surface area (TPSA) is 134 Å². The summed E-state index contributed by atoms with van der Waals surface area (Å²) in [4.78, 5) is 23.0. The molecule has 164 valence electrons. The molecule has 0 bridgehead atoms. The summed E-state index contributed by atoms with van der Waals surface area (Å²) in [7, 11) is 2.52. The molecule has 0 spiro atoms. The highest BCUT2D eigenvalue weighted by atomic mass is 16.5. The Hall–Kier alpha value is -3.62. The van der Waals surface area contributed by atoms with Crippen LogP contribution < -0.4 is 0 Å². The second-order valence-corrected chi connectivity index (χ2v) is 6.68. The van der Waals surface area contributed by atoms with Crippen molar-refractivity contribution in [2.24, 2.45) is 5.41 Å². The maximum Gasteiger partial charge on any atom is 0.337 e. The van der Waals surface area contributed by atoms with Crippen LogP contribution in [0.15, 0.2) is 60.0 Å². The number of hydrogen-bond acceptors (Lipinski definition) is 8. The van der Waals surface area contributed by atoms with Crippen LogP contribution in [0.4, 0.5) is 0 Å². The minimum absolute atomic E-state index is 0.313. The van der Waals surface area contributed by atoms with E-state index in [0.717, 1.165) is 0 Å². The van der Waals surface area contributed by atoms with Gasteiger partial charge >= 0.3 is 11.9 Å². The van der Waals surface area contributed by atoms with Crippen LogP contribution in [0.3, 0.4) is 0 Å². The van der Waals surface area contributed by atoms with Crippen LogP contribution in [0.2, 0.25) is 0 Å². The maximum atomic E-state index is 11.5. The quantitative estimate of drug-likeness (QED) is 0.373. The molecular formula is C23H24O8. The zero-order valence-corrected chi connectivity index (χ0v) is 17.1. The highest BCUT2D eigenvalue weighted by molar-refractivity contribution is 5.90. The van der Waals surface area contributed by atoms with E-state index in [9.17, 15) is 30.0 Å². The average molecular weight is 428 g/mol. The Morgan fingerprint density at radius 1 is 0.742 bits per heavy atom. The minimum Gasteiger partial charge on any atom is -0.511 e. The van der Waals surface area contributed by atoms with Crippen LogP contribution in [0, 0.1) is 5.41 Å². The summed E-state index contributed by atoms with van der Waals surface area (Å²) in [5, 5.41) is 41.0. The van der Waals surface area contributed by atoms with Gasteiger partial charge in [-0.1, -0.05) is 24.3 Å². The molecule has 0 atom stereocenters. The van der Waals surface area contributed by atoms with Crippen molar-refractivity contribution in [1.29, 1.82) is 0 Å². The van der Waals surface area contributed by atoms with Gasteiger partial charge in [0, 0.05) is 0 Å². The van der Waals surface area contributed by atoms with E-state index in [1.54, 1.807) is 0 Å². The van der Waals surface area contributed by atoms with Gasteiger partial charge in [0.05, 0.1) is 38.6 Å². The first-order valence-corrected chi connectivity index (χ1v) is 9.22. The number of aliphatic hydroxyl groups is 4. The fraction of sp³-hybridized carbons (Fsp3) is 0.217. The van der Waals surface area contributed by atoms with E-state index < -0.39 is 42.1 Å². The summed E-state index contributed by atoms with van der Waals surface area (Å²) in [6, 6.07) is 12.1. The fourth-order valence-corrected chi connectivity index (χ4v) is 2.76. The molecule has 0 radical (unpaired) electrons. The predicted octanol–water partition coefficient (Wildman–Crippen LogP) is 2.73. The molecule has 0 aliphatic carbocycles. The van der Waals surface area contributed by atoms with Crippen molar-refractivity contribution in [3.05, 3.63) is 82.3 Å². The molecule has 0 aliphatic rings. The van der Waals surface area contributed by atoms with E-state index in [0.29, 0.717) is 22.3 Å². The molecule has 4 N–H and O–H groups in total. The SMILES string of the molecule is COC(=O)c1ccc(C=C(O)C(CO)(CO)C(O)=Cc2ccc(C(=O)OC)cc2)cc1. The summed E-state index contributed by atoms with van der Waals surface area (Å²) < 4.78 is 9.25. The number of ether oxygens (including phenoxy) is 2. The van der Waals surface area contributed by atoms with Crippen LogP contribution in [-0.4, -0.2) is 59.8 Å². The van der Waals surface area contributed by atoms with Gasteiger partial charge in [-0.25, -0.2) is 9.59 Å². The van der Waals surface area contributed by atoms with E-state index in [4.69, 9.17) is 0 Å². The third kappa shape index (κ3) is 5.30. The smallest absolute Gasteiger partial charge is 0.337 e. The third-order valence-electron chi connectivity index (χ3n) is 4.79. The van der Waals surface area contributed by atoms with Crippen molar-refractivity contribution >= 4 is 24.1 Å². The van der Waals surface area contributed by atoms with Gasteiger partial charge in [0.25, 0.3) is 0 Å². The van der Waals surface area contributed by atoms with Crippen LogP contribution in [-0.2, 0) is 9.47 Å². The van der Waals surface area contributed by atoms with Gasteiger partial charge < -0.3 is 29.9 Å². The van der Waals surface area contributed by atoms with Crippen molar-refractivity contribution < 1.29 is 39.5 Å². The third-order valence-corrected chi connectivity index (χ3v) is 4.79. The number of carbonyl (C=O) groups is 2. The summed E-state index contributed by atoms with van der Waals surface area (Å²) >= 11 is 0. The van der Waals surface area contributed by atoms with Crippen molar-refractivity contribution in [3.8, 4) is 0 Å². The number of rotatable bonds is 8. The molecule has 8 nitrogen and oxygen atoms in total. The van der Waals surface area contributed by atoms with E-state index in [1.807, 2.05) is 0 Å². The van der Waals surface area contributed by atoms with Gasteiger partial charge in [0.15, 0.2) is 0 Å². The Balaban J connectivity index is 2.36. The molecule has 0 aromatic heterocycles. The highest BCUT2D eigenvalue weighted by Crippen LogP contribution is 2.34. The van der Waals surface area contributed by atoms with E-state index in [2.05, 4.69) is 9.47 Å². The van der Waals surface area contributed by atoms with E-state index in [1.165, 1.54) is 74.9 Å². The molecule has 0 fully saturated rings. The normalized spacial score (nSPS) is 12.4. The average Bonchev–Trinajstić information content (AvgIpc) is 2.80. The van der Waals surface area contributed by atoms with Gasteiger partial charge in [0.2, 0.25) is 0 Å². The zero-order valence-electron chi connectivity index (χ0n) is 17.1. The lowest BCUT2D eigenvalue weighted by Crippen LogP contribution is -2.34. The van der Waals surface area contributed by atoms with Gasteiger partial charge in [-0.3, -0.25) is 0 Å². The second kappa shape index (κ2) is 10.4. The Kier molecular flexibility index (Phi) is 7.95. The molecular weight excluding hydrogens is 404 g/mol. The molecule has 0 unspecified atom stereocenters. The molecule has 0 aliphatic heterocycles. The van der Waals surface area contributed by atoms with Gasteiger partial charge in [0.1, 0.15) is 16.9 Å². The standard InChI is InChI=1S/C23H24O8/c1-30-21(28)17-7-3-15(4-8-17)11-19(26)23(13-24,14-25)20(27)12-16-5-9-18(10-6-16)22(29)31-2/h3-12,24-27H,13-14H2,1-2H3. The van der Waals surface area contributed by atoms with Crippen molar-refractivity contribution in [2.75, 3.05) is 27.4 Å². The summed E-state index contributed by atoms with van der Waals surface area (Å²) in [6.45, 7) is -1.57. The van der Waals surface area contributed by atoms with Crippen LogP contribution in [0.5, 0.6) is 0 Å². The molecule has 31 heavy (non-hydrogen) atoms. The number of aliphatic hydroxyl groups excluding tert-OH is 4. The lowest BCUT2D eigenvalue weighted by molar-refractivity contribution is 0.0486. The molecule has 2 aromatic carbocycles. The first-order valence-electron chi connectivity index (χ1n) is 9.22. The minimum atomic E-state index is -1.86. The molecule has 8 heteroatoms. The van der Waals surface area contributed by atoms with Gasteiger partial charge in [-0.2, -0.15) is 0 Å². The summed E-state index contributed by atoms with van der Waals surface area (Å²) in [5.41, 5.74) is -0.304. The van der Waals surface area contributed by atoms with E-state index in [-0.39, 0.29) is 0 Å². The van der Waals surface area contributed by atoms with Gasteiger partial charge in [-0.05, 0) is 47.5 Å². The summed E-state index contributed by atoms with van der Waals surface area (Å²) in [5.74, 6) is -2.00. The van der Waals surface area contributed by atoms with Crippen LogP contribution in [0.25, 0.3) is 12.2 Å². The lowest BCUT2D eigenvalue weighted by Gasteiger charge is -2.28. The van der Waals surface area contributed by atoms with Gasteiger partial charge in [-0.15, -0.1) is 0 Å². The predicted molar refractivity (Wildman–Crippen MR) is 113 cm³/mol. The molecule has 0 saturated heterocycles. The fourth-order valence-electron chi connectivity index (χ4n) is 2.76. The summed E-state index contributed by atoms with van der Waals surface area (Å²) in [6.07, 6.45) is 2.52. The van der Waals surface area contributed by atoms with Crippen molar-refractivity contribution in [1.82, 2.24) is 0 Å². The molecule has 0 amide bonds.